The lowest BCUT2D eigenvalue weighted by Gasteiger charge is -2.07. The number of aryl methyl sites for hydroxylation is 3. The van der Waals surface area contributed by atoms with Crippen molar-refractivity contribution in [1.82, 2.24) is 4.68 Å². The third kappa shape index (κ3) is 5.23. The van der Waals surface area contributed by atoms with Crippen LogP contribution in [0.3, 0.4) is 0 Å². The minimum absolute atomic E-state index is 0.833. The van der Waals surface area contributed by atoms with Crippen LogP contribution in [-0.4, -0.2) is 10.9 Å². The van der Waals surface area contributed by atoms with Gasteiger partial charge in [-0.1, -0.05) is 90.5 Å². The second kappa shape index (κ2) is 10.1. The number of thiazole rings is 1. The summed E-state index contributed by atoms with van der Waals surface area (Å²) in [6.45, 7) is 6.30. The van der Waals surface area contributed by atoms with E-state index in [-0.39, 0.29) is 0 Å². The first-order chi connectivity index (χ1) is 17.1. The van der Waals surface area contributed by atoms with Gasteiger partial charge in [-0.3, -0.25) is 0 Å². The van der Waals surface area contributed by atoms with E-state index in [1.165, 1.54) is 27.8 Å². The average Bonchev–Trinajstić information content (AvgIpc) is 3.27. The molecular weight excluding hydrogens is 446 g/mol. The van der Waals surface area contributed by atoms with Crippen molar-refractivity contribution in [1.29, 1.82) is 0 Å². The Bertz CT molecular complexity index is 1560. The van der Waals surface area contributed by atoms with Crippen molar-refractivity contribution in [3.63, 3.8) is 0 Å². The Morgan fingerprint density at radius 3 is 2.17 bits per heavy atom. The third-order valence-corrected chi connectivity index (χ3v) is 6.76. The molecular formula is C31H27N3S. The Kier molecular flexibility index (Phi) is 6.55. The maximum absolute atomic E-state index is 4.93. The summed E-state index contributed by atoms with van der Waals surface area (Å²) in [5.74, 6) is 0. The van der Waals surface area contributed by atoms with Crippen molar-refractivity contribution >= 4 is 23.2 Å². The summed E-state index contributed by atoms with van der Waals surface area (Å²) in [5, 5.41) is 7.05. The molecule has 0 bridgehead atoms. The molecule has 0 aliphatic rings. The van der Waals surface area contributed by atoms with Crippen LogP contribution in [0, 0.1) is 20.8 Å². The predicted octanol–water partition coefficient (Wildman–Crippen LogP) is 7.92. The number of rotatable bonds is 5. The molecule has 0 aliphatic carbocycles. The molecule has 0 saturated heterocycles. The summed E-state index contributed by atoms with van der Waals surface area (Å²) >= 11 is 1.60. The molecule has 3 nitrogen and oxygen atoms in total. The molecule has 0 radical (unpaired) electrons. The number of hydrogen-bond acceptors (Lipinski definition) is 3. The highest BCUT2D eigenvalue weighted by Gasteiger charge is 2.09. The van der Waals surface area contributed by atoms with Gasteiger partial charge in [0.05, 0.1) is 17.6 Å². The van der Waals surface area contributed by atoms with Gasteiger partial charge in [-0.2, -0.15) is 5.10 Å². The molecule has 0 fully saturated rings. The van der Waals surface area contributed by atoms with E-state index < -0.39 is 0 Å². The molecule has 35 heavy (non-hydrogen) atoms. The standard InChI is InChI=1S/C31H27N3S/c1-22-8-7-11-29(19-22)33-31-34(32-20-28-18-23(2)12-13-24(28)3)30(21-35-31)27-16-14-26(15-17-27)25-9-5-4-6-10-25/h4-21H,1-3H3/b32-20-,33-31?. The van der Waals surface area contributed by atoms with E-state index in [0.717, 1.165) is 27.3 Å². The normalized spacial score (nSPS) is 11.9. The van der Waals surface area contributed by atoms with Gasteiger partial charge in [-0.05, 0) is 60.7 Å². The minimum atomic E-state index is 0.833. The molecule has 0 unspecified atom stereocenters. The van der Waals surface area contributed by atoms with Gasteiger partial charge in [-0.25, -0.2) is 9.67 Å². The maximum Gasteiger partial charge on any atom is 0.211 e. The smallest absolute Gasteiger partial charge is 0.211 e. The zero-order valence-corrected chi connectivity index (χ0v) is 21.0. The fourth-order valence-electron chi connectivity index (χ4n) is 3.98. The highest BCUT2D eigenvalue weighted by Crippen LogP contribution is 2.26. The molecule has 1 aromatic heterocycles. The molecule has 4 aromatic carbocycles. The largest absolute Gasteiger partial charge is 0.220 e. The van der Waals surface area contributed by atoms with E-state index in [1.54, 1.807) is 11.3 Å². The first-order valence-electron chi connectivity index (χ1n) is 11.7. The van der Waals surface area contributed by atoms with Crippen molar-refractivity contribution in [2.75, 3.05) is 0 Å². The minimum Gasteiger partial charge on any atom is -0.220 e. The van der Waals surface area contributed by atoms with Crippen LogP contribution in [0.4, 0.5) is 5.69 Å². The third-order valence-electron chi connectivity index (χ3n) is 5.95. The predicted molar refractivity (Wildman–Crippen MR) is 148 cm³/mol. The molecule has 4 heteroatoms. The molecule has 0 spiro atoms. The highest BCUT2D eigenvalue weighted by atomic mass is 32.1. The summed E-state index contributed by atoms with van der Waals surface area (Å²) < 4.78 is 1.95. The van der Waals surface area contributed by atoms with Crippen molar-refractivity contribution < 1.29 is 0 Å². The van der Waals surface area contributed by atoms with Gasteiger partial charge in [0.15, 0.2) is 0 Å². The molecule has 0 N–H and O–H groups in total. The molecule has 5 rings (SSSR count). The summed E-state index contributed by atoms with van der Waals surface area (Å²) in [5.41, 5.74) is 10.1. The Morgan fingerprint density at radius 1 is 0.686 bits per heavy atom. The highest BCUT2D eigenvalue weighted by molar-refractivity contribution is 7.07. The van der Waals surface area contributed by atoms with Gasteiger partial charge >= 0.3 is 0 Å². The van der Waals surface area contributed by atoms with Gasteiger partial charge in [0.25, 0.3) is 0 Å². The zero-order chi connectivity index (χ0) is 24.2. The molecule has 0 atom stereocenters. The van der Waals surface area contributed by atoms with Crippen molar-refractivity contribution in [2.24, 2.45) is 10.1 Å². The zero-order valence-electron chi connectivity index (χ0n) is 20.1. The fourth-order valence-corrected chi connectivity index (χ4v) is 4.83. The summed E-state index contributed by atoms with van der Waals surface area (Å²) in [4.78, 5) is 5.77. The summed E-state index contributed by atoms with van der Waals surface area (Å²) in [7, 11) is 0. The molecule has 1 heterocycles. The number of aromatic nitrogens is 1. The topological polar surface area (TPSA) is 29.6 Å². The van der Waals surface area contributed by atoms with Crippen molar-refractivity contribution in [3.05, 3.63) is 129 Å². The number of benzene rings is 4. The average molecular weight is 474 g/mol. The van der Waals surface area contributed by atoms with Gasteiger partial charge in [0, 0.05) is 10.9 Å². The van der Waals surface area contributed by atoms with Crippen LogP contribution >= 0.6 is 11.3 Å². The molecule has 0 aliphatic heterocycles. The van der Waals surface area contributed by atoms with Crippen LogP contribution in [0.1, 0.15) is 22.3 Å². The lowest BCUT2D eigenvalue weighted by molar-refractivity contribution is 0.854. The Morgan fingerprint density at radius 2 is 1.40 bits per heavy atom. The fraction of sp³-hybridized carbons (Fsp3) is 0.0968. The maximum atomic E-state index is 4.93. The van der Waals surface area contributed by atoms with E-state index in [1.807, 2.05) is 29.1 Å². The SMILES string of the molecule is Cc1cccc(N=c2scc(-c3ccc(-c4ccccc4)cc3)n2/N=C\c2cc(C)ccc2C)c1. The number of nitrogens with zero attached hydrogens (tertiary/aromatic N) is 3. The summed E-state index contributed by atoms with van der Waals surface area (Å²) in [6, 6.07) is 33.7. The van der Waals surface area contributed by atoms with Crippen molar-refractivity contribution in [2.45, 2.75) is 20.8 Å². The quantitative estimate of drug-likeness (QED) is 0.232. The first-order valence-corrected chi connectivity index (χ1v) is 12.5. The van der Waals surface area contributed by atoms with Crippen LogP contribution in [0.5, 0.6) is 0 Å². The second-order valence-corrected chi connectivity index (χ2v) is 9.55. The number of hydrogen-bond donors (Lipinski definition) is 0. The lowest BCUT2D eigenvalue weighted by Crippen LogP contribution is -2.11. The van der Waals surface area contributed by atoms with E-state index in [4.69, 9.17) is 10.1 Å². The van der Waals surface area contributed by atoms with Crippen LogP contribution in [-0.2, 0) is 0 Å². The van der Waals surface area contributed by atoms with Gasteiger partial charge < -0.3 is 0 Å². The van der Waals surface area contributed by atoms with Gasteiger partial charge in [0.2, 0.25) is 4.80 Å². The van der Waals surface area contributed by atoms with Crippen LogP contribution in [0.25, 0.3) is 22.4 Å². The van der Waals surface area contributed by atoms with E-state index >= 15 is 0 Å². The molecule has 0 amide bonds. The summed E-state index contributed by atoms with van der Waals surface area (Å²) in [6.07, 6.45) is 1.94. The first kappa shape index (κ1) is 22.8. The Balaban J connectivity index is 1.60. The van der Waals surface area contributed by atoms with Crippen LogP contribution in [0.2, 0.25) is 0 Å². The Labute approximate surface area is 210 Å². The molecule has 172 valence electrons. The van der Waals surface area contributed by atoms with E-state index in [2.05, 4.69) is 105 Å². The molecule has 0 saturated carbocycles. The van der Waals surface area contributed by atoms with Gasteiger partial charge in [0.1, 0.15) is 0 Å². The molecule has 5 aromatic rings. The monoisotopic (exact) mass is 473 g/mol. The van der Waals surface area contributed by atoms with Crippen molar-refractivity contribution in [3.8, 4) is 22.4 Å². The lowest BCUT2D eigenvalue weighted by atomic mass is 10.0. The van der Waals surface area contributed by atoms with E-state index in [9.17, 15) is 0 Å². The van der Waals surface area contributed by atoms with Crippen LogP contribution in [0.15, 0.2) is 113 Å². The van der Waals surface area contributed by atoms with Gasteiger partial charge in [-0.15, -0.1) is 11.3 Å². The Hall–Kier alpha value is -4.02. The van der Waals surface area contributed by atoms with Crippen LogP contribution < -0.4 is 4.80 Å². The second-order valence-electron chi connectivity index (χ2n) is 8.71. The van der Waals surface area contributed by atoms with E-state index in [0.29, 0.717) is 0 Å².